The van der Waals surface area contributed by atoms with Crippen LogP contribution in [0.1, 0.15) is 30.2 Å². The molecular weight excluding hydrogens is 256 g/mol. The summed E-state index contributed by atoms with van der Waals surface area (Å²) < 4.78 is 0. The van der Waals surface area contributed by atoms with Crippen molar-refractivity contribution in [3.63, 3.8) is 0 Å². The highest BCUT2D eigenvalue weighted by Crippen LogP contribution is 2.34. The summed E-state index contributed by atoms with van der Waals surface area (Å²) in [5.41, 5.74) is 7.04. The summed E-state index contributed by atoms with van der Waals surface area (Å²) in [7, 11) is 0. The maximum Gasteiger partial charge on any atom is 0.141 e. The van der Waals surface area contributed by atoms with Crippen molar-refractivity contribution in [3.05, 3.63) is 16.8 Å². The van der Waals surface area contributed by atoms with Gasteiger partial charge in [0, 0.05) is 24.5 Å². The van der Waals surface area contributed by atoms with Crippen molar-refractivity contribution in [3.8, 4) is 0 Å². The fourth-order valence-electron chi connectivity index (χ4n) is 2.23. The van der Waals surface area contributed by atoms with Crippen LogP contribution in [0.4, 0.5) is 5.82 Å². The quantitative estimate of drug-likeness (QED) is 0.882. The van der Waals surface area contributed by atoms with Crippen molar-refractivity contribution < 1.29 is 0 Å². The summed E-state index contributed by atoms with van der Waals surface area (Å²) in [6.45, 7) is 9.01. The number of hydrogen-bond donors (Lipinski definition) is 1. The van der Waals surface area contributed by atoms with Crippen molar-refractivity contribution in [1.29, 1.82) is 0 Å². The molecule has 0 aliphatic carbocycles. The Morgan fingerprint density at radius 1 is 1.26 bits per heavy atom. The van der Waals surface area contributed by atoms with Crippen LogP contribution in [0.2, 0.25) is 0 Å². The zero-order valence-electron chi connectivity index (χ0n) is 11.9. The third kappa shape index (κ3) is 2.87. The maximum atomic E-state index is 5.74. The largest absolute Gasteiger partial charge is 0.355 e. The van der Waals surface area contributed by atoms with Gasteiger partial charge in [-0.1, -0.05) is 13.3 Å². The van der Waals surface area contributed by atoms with Crippen molar-refractivity contribution in [2.24, 2.45) is 5.73 Å². The van der Waals surface area contributed by atoms with Crippen LogP contribution in [-0.2, 0) is 0 Å². The SMILES string of the molecule is CCCCN(CCN)c1ncnc2sc(C)c(C)c12. The first-order valence-electron chi connectivity index (χ1n) is 6.84. The van der Waals surface area contributed by atoms with Crippen LogP contribution in [0, 0.1) is 13.8 Å². The first-order valence-corrected chi connectivity index (χ1v) is 7.66. The molecule has 2 heterocycles. The van der Waals surface area contributed by atoms with Crippen LogP contribution in [0.3, 0.4) is 0 Å². The minimum atomic E-state index is 0.650. The second-order valence-electron chi connectivity index (χ2n) is 4.79. The molecule has 104 valence electrons. The second kappa shape index (κ2) is 6.30. The Balaban J connectivity index is 2.46. The van der Waals surface area contributed by atoms with Gasteiger partial charge < -0.3 is 10.6 Å². The summed E-state index contributed by atoms with van der Waals surface area (Å²) in [6, 6.07) is 0. The fraction of sp³-hybridized carbons (Fsp3) is 0.571. The van der Waals surface area contributed by atoms with E-state index in [4.69, 9.17) is 5.73 Å². The van der Waals surface area contributed by atoms with Gasteiger partial charge in [0.1, 0.15) is 17.0 Å². The van der Waals surface area contributed by atoms with Gasteiger partial charge in [0.05, 0.1) is 5.39 Å². The molecule has 0 fully saturated rings. The summed E-state index contributed by atoms with van der Waals surface area (Å²) in [4.78, 5) is 13.6. The van der Waals surface area contributed by atoms with Crippen LogP contribution in [0.25, 0.3) is 10.2 Å². The monoisotopic (exact) mass is 278 g/mol. The lowest BCUT2D eigenvalue weighted by atomic mass is 10.2. The third-order valence-electron chi connectivity index (χ3n) is 3.43. The lowest BCUT2D eigenvalue weighted by Crippen LogP contribution is -2.31. The number of unbranched alkanes of at least 4 members (excludes halogenated alkanes) is 1. The van der Waals surface area contributed by atoms with E-state index < -0.39 is 0 Å². The smallest absolute Gasteiger partial charge is 0.141 e. The van der Waals surface area contributed by atoms with Crippen LogP contribution in [0.5, 0.6) is 0 Å². The number of hydrogen-bond acceptors (Lipinski definition) is 5. The summed E-state index contributed by atoms with van der Waals surface area (Å²) in [5, 5.41) is 1.20. The molecule has 0 saturated heterocycles. The first-order chi connectivity index (χ1) is 9.19. The zero-order valence-corrected chi connectivity index (χ0v) is 12.8. The minimum Gasteiger partial charge on any atom is -0.355 e. The first kappa shape index (κ1) is 14.2. The molecule has 0 spiro atoms. The van der Waals surface area contributed by atoms with E-state index in [0.717, 1.165) is 30.2 Å². The van der Waals surface area contributed by atoms with Crippen molar-refractivity contribution in [2.75, 3.05) is 24.5 Å². The van der Waals surface area contributed by atoms with E-state index in [1.165, 1.54) is 22.2 Å². The lowest BCUT2D eigenvalue weighted by molar-refractivity contribution is 0.709. The molecule has 0 bridgehead atoms. The van der Waals surface area contributed by atoms with E-state index in [0.29, 0.717) is 6.54 Å². The van der Waals surface area contributed by atoms with Crippen molar-refractivity contribution in [2.45, 2.75) is 33.6 Å². The number of nitrogens with zero attached hydrogens (tertiary/aromatic N) is 3. The molecular formula is C14H22N4S. The van der Waals surface area contributed by atoms with E-state index in [-0.39, 0.29) is 0 Å². The highest BCUT2D eigenvalue weighted by atomic mass is 32.1. The number of anilines is 1. The van der Waals surface area contributed by atoms with Gasteiger partial charge in [-0.05, 0) is 25.8 Å². The lowest BCUT2D eigenvalue weighted by Gasteiger charge is -2.23. The van der Waals surface area contributed by atoms with E-state index in [1.54, 1.807) is 17.7 Å². The van der Waals surface area contributed by atoms with Gasteiger partial charge >= 0.3 is 0 Å². The number of thiophene rings is 1. The molecule has 2 aromatic rings. The summed E-state index contributed by atoms with van der Waals surface area (Å²) in [6.07, 6.45) is 4.01. The minimum absolute atomic E-state index is 0.650. The Labute approximate surface area is 118 Å². The highest BCUT2D eigenvalue weighted by Gasteiger charge is 2.16. The Morgan fingerprint density at radius 2 is 2.05 bits per heavy atom. The van der Waals surface area contributed by atoms with Gasteiger partial charge in [0.2, 0.25) is 0 Å². The standard InChI is InChI=1S/C14H22N4S/c1-4-5-7-18(8-6-15)13-12-10(2)11(3)19-14(12)17-9-16-13/h9H,4-8,15H2,1-3H3. The Kier molecular flexibility index (Phi) is 4.71. The molecule has 0 aromatic carbocycles. The highest BCUT2D eigenvalue weighted by molar-refractivity contribution is 7.18. The summed E-state index contributed by atoms with van der Waals surface area (Å²) in [5.74, 6) is 1.05. The Hall–Kier alpha value is -1.20. The predicted octanol–water partition coefficient (Wildman–Crippen LogP) is 2.87. The van der Waals surface area contributed by atoms with Gasteiger partial charge in [-0.25, -0.2) is 9.97 Å². The molecule has 0 radical (unpaired) electrons. The molecule has 2 rings (SSSR count). The van der Waals surface area contributed by atoms with Gasteiger partial charge in [-0.3, -0.25) is 0 Å². The fourth-order valence-corrected chi connectivity index (χ4v) is 3.22. The van der Waals surface area contributed by atoms with Gasteiger partial charge in [-0.2, -0.15) is 0 Å². The van der Waals surface area contributed by atoms with Crippen LogP contribution >= 0.6 is 11.3 Å². The topological polar surface area (TPSA) is 55.0 Å². The third-order valence-corrected chi connectivity index (χ3v) is 4.54. The van der Waals surface area contributed by atoms with Crippen molar-refractivity contribution in [1.82, 2.24) is 9.97 Å². The van der Waals surface area contributed by atoms with Crippen LogP contribution in [-0.4, -0.2) is 29.6 Å². The Morgan fingerprint density at radius 3 is 2.74 bits per heavy atom. The number of nitrogens with two attached hydrogens (primary N) is 1. The molecule has 0 atom stereocenters. The van der Waals surface area contributed by atoms with Gasteiger partial charge in [-0.15, -0.1) is 11.3 Å². The molecule has 0 aliphatic rings. The van der Waals surface area contributed by atoms with Gasteiger partial charge in [0.25, 0.3) is 0 Å². The van der Waals surface area contributed by atoms with Gasteiger partial charge in [0.15, 0.2) is 0 Å². The molecule has 4 nitrogen and oxygen atoms in total. The summed E-state index contributed by atoms with van der Waals surface area (Å²) >= 11 is 1.74. The van der Waals surface area contributed by atoms with E-state index in [1.807, 2.05) is 0 Å². The number of aryl methyl sites for hydroxylation is 2. The second-order valence-corrected chi connectivity index (χ2v) is 5.99. The zero-order chi connectivity index (χ0) is 13.8. The number of rotatable bonds is 6. The molecule has 2 aromatic heterocycles. The van der Waals surface area contributed by atoms with Crippen molar-refractivity contribution >= 4 is 27.4 Å². The maximum absolute atomic E-state index is 5.74. The average molecular weight is 278 g/mol. The molecule has 0 aliphatic heterocycles. The number of fused-ring (bicyclic) bond motifs is 1. The molecule has 5 heteroatoms. The predicted molar refractivity (Wildman–Crippen MR) is 83.1 cm³/mol. The Bertz CT molecular complexity index is 550. The van der Waals surface area contributed by atoms with E-state index in [2.05, 4.69) is 35.6 Å². The van der Waals surface area contributed by atoms with E-state index >= 15 is 0 Å². The van der Waals surface area contributed by atoms with E-state index in [9.17, 15) is 0 Å². The molecule has 0 unspecified atom stereocenters. The van der Waals surface area contributed by atoms with Crippen LogP contribution in [0.15, 0.2) is 6.33 Å². The molecule has 0 amide bonds. The molecule has 19 heavy (non-hydrogen) atoms. The van der Waals surface area contributed by atoms with Crippen LogP contribution < -0.4 is 10.6 Å². The average Bonchev–Trinajstić information content (AvgIpc) is 2.70. The number of aromatic nitrogens is 2. The molecule has 2 N–H and O–H groups in total. The normalized spacial score (nSPS) is 11.2. The molecule has 0 saturated carbocycles.